The Hall–Kier alpha value is -0.890. The minimum Gasteiger partial charge on any atom is -0.314 e. The molecule has 1 aromatic rings. The quantitative estimate of drug-likeness (QED) is 0.841. The smallest absolute Gasteiger partial charge is 0.126 e. The number of halogens is 1. The van der Waals surface area contributed by atoms with Crippen LogP contribution in [0.2, 0.25) is 0 Å². The monoisotopic (exact) mass is 235 g/mol. The van der Waals surface area contributed by atoms with Crippen molar-refractivity contribution in [2.24, 2.45) is 5.92 Å². The largest absolute Gasteiger partial charge is 0.314 e. The van der Waals surface area contributed by atoms with E-state index in [2.05, 4.69) is 12.2 Å². The van der Waals surface area contributed by atoms with Crippen LogP contribution in [0.4, 0.5) is 4.39 Å². The van der Waals surface area contributed by atoms with Gasteiger partial charge in [-0.05, 0) is 43.4 Å². The van der Waals surface area contributed by atoms with E-state index in [9.17, 15) is 4.39 Å². The van der Waals surface area contributed by atoms with Crippen LogP contribution in [0.5, 0.6) is 0 Å². The lowest BCUT2D eigenvalue weighted by molar-refractivity contribution is 0.285. The maximum atomic E-state index is 13.6. The maximum Gasteiger partial charge on any atom is 0.126 e. The van der Waals surface area contributed by atoms with Crippen LogP contribution in [0, 0.1) is 11.7 Å². The van der Waals surface area contributed by atoms with Crippen LogP contribution in [0.15, 0.2) is 24.3 Å². The summed E-state index contributed by atoms with van der Waals surface area (Å²) in [5.41, 5.74) is 0.884. The van der Waals surface area contributed by atoms with Crippen LogP contribution >= 0.6 is 0 Å². The van der Waals surface area contributed by atoms with Gasteiger partial charge in [0, 0.05) is 6.04 Å². The molecule has 2 rings (SSSR count). The van der Waals surface area contributed by atoms with Crippen LogP contribution in [0.3, 0.4) is 0 Å². The molecule has 1 aromatic carbocycles. The molecule has 0 aromatic heterocycles. The molecular formula is C15H22FN. The molecule has 1 aliphatic carbocycles. The average Bonchev–Trinajstić information content (AvgIpc) is 2.33. The van der Waals surface area contributed by atoms with E-state index in [-0.39, 0.29) is 5.82 Å². The first-order valence-electron chi connectivity index (χ1n) is 6.76. The van der Waals surface area contributed by atoms with Crippen LogP contribution in [-0.4, -0.2) is 12.6 Å². The summed E-state index contributed by atoms with van der Waals surface area (Å²) in [5.74, 6) is 0.600. The molecule has 1 saturated carbocycles. The van der Waals surface area contributed by atoms with Crippen molar-refractivity contribution in [1.82, 2.24) is 5.32 Å². The van der Waals surface area contributed by atoms with Crippen LogP contribution < -0.4 is 5.32 Å². The van der Waals surface area contributed by atoms with Crippen molar-refractivity contribution < 1.29 is 4.39 Å². The first-order chi connectivity index (χ1) is 8.29. The van der Waals surface area contributed by atoms with Gasteiger partial charge in [-0.25, -0.2) is 4.39 Å². The molecule has 0 aliphatic heterocycles. The Morgan fingerprint density at radius 1 is 1.29 bits per heavy atom. The molecular weight excluding hydrogens is 213 g/mol. The Kier molecular flexibility index (Phi) is 4.55. The number of rotatable bonds is 4. The van der Waals surface area contributed by atoms with E-state index in [4.69, 9.17) is 0 Å². The molecule has 0 spiro atoms. The lowest BCUT2D eigenvalue weighted by Crippen LogP contribution is -2.34. The van der Waals surface area contributed by atoms with Gasteiger partial charge in [-0.15, -0.1) is 0 Å². The lowest BCUT2D eigenvalue weighted by atomic mass is 9.82. The maximum absolute atomic E-state index is 13.6. The van der Waals surface area contributed by atoms with Crippen molar-refractivity contribution in [3.63, 3.8) is 0 Å². The molecule has 0 radical (unpaired) electrons. The molecule has 1 aliphatic rings. The molecule has 1 fully saturated rings. The van der Waals surface area contributed by atoms with Crippen LogP contribution in [0.1, 0.15) is 38.2 Å². The molecule has 0 saturated heterocycles. The highest BCUT2D eigenvalue weighted by molar-refractivity contribution is 5.18. The molecule has 0 amide bonds. The van der Waals surface area contributed by atoms with Gasteiger partial charge in [0.2, 0.25) is 0 Å². The van der Waals surface area contributed by atoms with Gasteiger partial charge in [0.05, 0.1) is 0 Å². The fraction of sp³-hybridized carbons (Fsp3) is 0.600. The summed E-state index contributed by atoms with van der Waals surface area (Å²) in [7, 11) is 0. The summed E-state index contributed by atoms with van der Waals surface area (Å²) in [6.07, 6.45) is 5.89. The first-order valence-corrected chi connectivity index (χ1v) is 6.76. The zero-order chi connectivity index (χ0) is 12.1. The zero-order valence-electron chi connectivity index (χ0n) is 10.6. The highest BCUT2D eigenvalue weighted by Gasteiger charge is 2.22. The predicted molar refractivity (Wildman–Crippen MR) is 69.5 cm³/mol. The van der Waals surface area contributed by atoms with Crippen molar-refractivity contribution in [3.05, 3.63) is 35.6 Å². The van der Waals surface area contributed by atoms with Crippen LogP contribution in [-0.2, 0) is 6.42 Å². The van der Waals surface area contributed by atoms with Gasteiger partial charge >= 0.3 is 0 Å². The van der Waals surface area contributed by atoms with Crippen molar-refractivity contribution in [3.8, 4) is 0 Å². The van der Waals surface area contributed by atoms with Gasteiger partial charge in [-0.2, -0.15) is 0 Å². The highest BCUT2D eigenvalue weighted by Crippen LogP contribution is 2.28. The van der Waals surface area contributed by atoms with Crippen molar-refractivity contribution >= 4 is 0 Å². The van der Waals surface area contributed by atoms with Crippen molar-refractivity contribution in [2.45, 2.75) is 45.1 Å². The van der Waals surface area contributed by atoms with E-state index in [0.29, 0.717) is 12.0 Å². The number of benzene rings is 1. The Morgan fingerprint density at radius 3 is 2.88 bits per heavy atom. The van der Waals surface area contributed by atoms with Crippen molar-refractivity contribution in [1.29, 1.82) is 0 Å². The van der Waals surface area contributed by atoms with E-state index in [1.165, 1.54) is 25.7 Å². The lowest BCUT2D eigenvalue weighted by Gasteiger charge is -2.29. The molecule has 0 bridgehead atoms. The Morgan fingerprint density at radius 2 is 2.12 bits per heavy atom. The number of hydrogen-bond donors (Lipinski definition) is 1. The summed E-state index contributed by atoms with van der Waals surface area (Å²) in [6.45, 7) is 3.19. The van der Waals surface area contributed by atoms with Gasteiger partial charge < -0.3 is 5.32 Å². The molecule has 2 atom stereocenters. The topological polar surface area (TPSA) is 12.0 Å². The summed E-state index contributed by atoms with van der Waals surface area (Å²) < 4.78 is 13.6. The molecule has 0 heterocycles. The third-order valence-corrected chi connectivity index (χ3v) is 3.74. The highest BCUT2D eigenvalue weighted by atomic mass is 19.1. The fourth-order valence-corrected chi connectivity index (χ4v) is 2.93. The summed E-state index contributed by atoms with van der Waals surface area (Å²) >= 11 is 0. The van der Waals surface area contributed by atoms with E-state index >= 15 is 0 Å². The second-order valence-electron chi connectivity index (χ2n) is 5.08. The molecule has 1 N–H and O–H groups in total. The van der Waals surface area contributed by atoms with Gasteiger partial charge in [-0.1, -0.05) is 38.0 Å². The Labute approximate surface area is 103 Å². The minimum atomic E-state index is -0.0434. The molecule has 17 heavy (non-hydrogen) atoms. The first kappa shape index (κ1) is 12.6. The fourth-order valence-electron chi connectivity index (χ4n) is 2.93. The van der Waals surface area contributed by atoms with Gasteiger partial charge in [0.25, 0.3) is 0 Å². The van der Waals surface area contributed by atoms with E-state index < -0.39 is 0 Å². The third kappa shape index (κ3) is 3.53. The Balaban J connectivity index is 1.92. The molecule has 94 valence electrons. The van der Waals surface area contributed by atoms with E-state index in [0.717, 1.165) is 18.5 Å². The zero-order valence-corrected chi connectivity index (χ0v) is 10.6. The SMILES string of the molecule is CCNC1CCCC(Cc2ccccc2F)C1. The summed E-state index contributed by atoms with van der Waals surface area (Å²) in [5, 5.41) is 3.52. The van der Waals surface area contributed by atoms with Gasteiger partial charge in [0.1, 0.15) is 5.82 Å². The second kappa shape index (κ2) is 6.15. The summed E-state index contributed by atoms with van der Waals surface area (Å²) in [6, 6.07) is 7.83. The molecule has 2 unspecified atom stereocenters. The summed E-state index contributed by atoms with van der Waals surface area (Å²) in [4.78, 5) is 0. The Bertz CT molecular complexity index is 349. The normalized spacial score (nSPS) is 24.8. The van der Waals surface area contributed by atoms with Crippen molar-refractivity contribution in [2.75, 3.05) is 6.54 Å². The van der Waals surface area contributed by atoms with Gasteiger partial charge in [0.15, 0.2) is 0 Å². The third-order valence-electron chi connectivity index (χ3n) is 3.74. The van der Waals surface area contributed by atoms with E-state index in [1.54, 1.807) is 12.1 Å². The molecule has 1 nitrogen and oxygen atoms in total. The van der Waals surface area contributed by atoms with Gasteiger partial charge in [-0.3, -0.25) is 0 Å². The van der Waals surface area contributed by atoms with Crippen LogP contribution in [0.25, 0.3) is 0 Å². The minimum absolute atomic E-state index is 0.0434. The number of nitrogens with one attached hydrogen (secondary N) is 1. The molecule has 2 heteroatoms. The predicted octanol–water partition coefficient (Wildman–Crippen LogP) is 3.54. The average molecular weight is 235 g/mol. The van der Waals surface area contributed by atoms with E-state index in [1.807, 2.05) is 12.1 Å². The standard InChI is InChI=1S/C15H22FN/c1-2-17-14-8-5-6-12(11-14)10-13-7-3-4-9-15(13)16/h3-4,7,9,12,14,17H,2,5-6,8,10-11H2,1H3. The number of hydrogen-bond acceptors (Lipinski definition) is 1. The second-order valence-corrected chi connectivity index (χ2v) is 5.08.